The maximum absolute atomic E-state index is 12.6. The number of benzene rings is 1. The van der Waals surface area contributed by atoms with Crippen LogP contribution in [0.5, 0.6) is 5.75 Å². The van der Waals surface area contributed by atoms with Crippen molar-refractivity contribution in [2.45, 2.75) is 45.8 Å². The zero-order valence-corrected chi connectivity index (χ0v) is 17.2. The Kier molecular flexibility index (Phi) is 6.30. The van der Waals surface area contributed by atoms with Gasteiger partial charge in [-0.3, -0.25) is 4.79 Å². The van der Waals surface area contributed by atoms with E-state index < -0.39 is 0 Å². The van der Waals surface area contributed by atoms with Gasteiger partial charge in [-0.15, -0.1) is 12.4 Å². The second kappa shape index (κ2) is 8.53. The largest absolute Gasteiger partial charge is 0.489 e. The van der Waals surface area contributed by atoms with Crippen molar-refractivity contribution < 1.29 is 14.1 Å². The average molecular weight is 406 g/mol. The Labute approximate surface area is 171 Å². The lowest BCUT2D eigenvalue weighted by atomic mass is 9.98. The van der Waals surface area contributed by atoms with E-state index in [0.29, 0.717) is 24.9 Å². The van der Waals surface area contributed by atoms with Gasteiger partial charge >= 0.3 is 0 Å². The zero-order chi connectivity index (χ0) is 19.0. The van der Waals surface area contributed by atoms with Crippen LogP contribution in [0.4, 0.5) is 0 Å². The Hall–Kier alpha value is -2.05. The molecule has 1 aromatic heterocycles. The number of aromatic nitrogens is 1. The fourth-order valence-corrected chi connectivity index (χ4v) is 4.36. The minimum Gasteiger partial charge on any atom is -0.489 e. The van der Waals surface area contributed by atoms with Crippen LogP contribution in [0.1, 0.15) is 35.4 Å². The van der Waals surface area contributed by atoms with Gasteiger partial charge < -0.3 is 19.9 Å². The minimum absolute atomic E-state index is 0. The number of aryl methyl sites for hydroxylation is 2. The molecule has 2 N–H and O–H groups in total. The molecule has 1 aliphatic heterocycles. The number of ether oxygens (including phenoxy) is 1. The summed E-state index contributed by atoms with van der Waals surface area (Å²) in [5.74, 6) is 2.84. The smallest absolute Gasteiger partial charge is 0.227 e. The Morgan fingerprint density at radius 1 is 1.25 bits per heavy atom. The third-order valence-corrected chi connectivity index (χ3v) is 6.11. The van der Waals surface area contributed by atoms with Crippen molar-refractivity contribution in [2.75, 3.05) is 13.1 Å². The fourth-order valence-electron chi connectivity index (χ4n) is 4.36. The predicted molar refractivity (Wildman–Crippen MR) is 108 cm³/mol. The number of carbonyl (C=O) groups is 1. The van der Waals surface area contributed by atoms with E-state index >= 15 is 0 Å². The number of fused-ring (bicyclic) bond motifs is 1. The van der Waals surface area contributed by atoms with Crippen molar-refractivity contribution in [1.82, 2.24) is 10.1 Å². The predicted octanol–water partition coefficient (Wildman–Crippen LogP) is 3.03. The highest BCUT2D eigenvalue weighted by Crippen LogP contribution is 2.37. The van der Waals surface area contributed by atoms with Gasteiger partial charge in [0.05, 0.1) is 17.7 Å². The Morgan fingerprint density at radius 3 is 2.64 bits per heavy atom. The molecule has 1 saturated carbocycles. The molecule has 0 spiro atoms. The first-order chi connectivity index (χ1) is 13.0. The lowest BCUT2D eigenvalue weighted by molar-refractivity contribution is -0.129. The summed E-state index contributed by atoms with van der Waals surface area (Å²) in [6, 6.07) is 8.01. The summed E-state index contributed by atoms with van der Waals surface area (Å²) in [6.07, 6.45) is 2.69. The van der Waals surface area contributed by atoms with Crippen LogP contribution in [0.15, 0.2) is 28.8 Å². The zero-order valence-electron chi connectivity index (χ0n) is 16.4. The first kappa shape index (κ1) is 20.7. The molecule has 6 nitrogen and oxygen atoms in total. The first-order valence-electron chi connectivity index (χ1n) is 9.68. The molecule has 2 fully saturated rings. The van der Waals surface area contributed by atoms with Gasteiger partial charge in [-0.25, -0.2) is 0 Å². The van der Waals surface area contributed by atoms with Crippen LogP contribution in [0.3, 0.4) is 0 Å². The summed E-state index contributed by atoms with van der Waals surface area (Å²) in [5, 5.41) is 3.93. The molecule has 3 unspecified atom stereocenters. The van der Waals surface area contributed by atoms with Crippen LogP contribution in [0, 0.1) is 25.7 Å². The maximum Gasteiger partial charge on any atom is 0.227 e. The number of likely N-dealkylation sites (tertiary alicyclic amines) is 1. The summed E-state index contributed by atoms with van der Waals surface area (Å²) < 4.78 is 11.0. The normalized spacial score (nSPS) is 23.4. The molecule has 28 heavy (non-hydrogen) atoms. The van der Waals surface area contributed by atoms with Crippen molar-refractivity contribution in [3.05, 3.63) is 46.8 Å². The first-order valence-corrected chi connectivity index (χ1v) is 9.68. The third-order valence-electron chi connectivity index (χ3n) is 6.11. The molecule has 4 rings (SSSR count). The van der Waals surface area contributed by atoms with E-state index in [4.69, 9.17) is 15.0 Å². The highest BCUT2D eigenvalue weighted by molar-refractivity contribution is 5.85. The number of nitrogens with zero attached hydrogens (tertiary/aromatic N) is 2. The number of halogens is 1. The second-order valence-electron chi connectivity index (χ2n) is 7.88. The molecule has 2 heterocycles. The van der Waals surface area contributed by atoms with E-state index in [1.807, 2.05) is 43.0 Å². The summed E-state index contributed by atoms with van der Waals surface area (Å²) in [4.78, 5) is 14.6. The lowest BCUT2D eigenvalue weighted by Crippen LogP contribution is -2.34. The van der Waals surface area contributed by atoms with Crippen molar-refractivity contribution >= 4 is 18.3 Å². The van der Waals surface area contributed by atoms with Crippen molar-refractivity contribution in [1.29, 1.82) is 0 Å². The van der Waals surface area contributed by atoms with E-state index in [1.54, 1.807) is 0 Å². The summed E-state index contributed by atoms with van der Waals surface area (Å²) >= 11 is 0. The molecule has 1 aliphatic carbocycles. The van der Waals surface area contributed by atoms with Crippen molar-refractivity contribution in [2.24, 2.45) is 17.6 Å². The highest BCUT2D eigenvalue weighted by atomic mass is 35.5. The lowest BCUT2D eigenvalue weighted by Gasteiger charge is -2.19. The topological polar surface area (TPSA) is 81.6 Å². The van der Waals surface area contributed by atoms with E-state index in [-0.39, 0.29) is 24.4 Å². The summed E-state index contributed by atoms with van der Waals surface area (Å²) in [5.41, 5.74) is 9.01. The van der Waals surface area contributed by atoms with E-state index in [0.717, 1.165) is 54.3 Å². The third kappa shape index (κ3) is 4.18. The van der Waals surface area contributed by atoms with Gasteiger partial charge in [0, 0.05) is 19.1 Å². The van der Waals surface area contributed by atoms with Gasteiger partial charge in [0.1, 0.15) is 18.1 Å². The van der Waals surface area contributed by atoms with Crippen molar-refractivity contribution in [3.63, 3.8) is 0 Å². The molecule has 2 aliphatic rings. The number of rotatable bonds is 5. The SMILES string of the molecule is Cc1noc(C)c1COc1ccc(CC(=O)N2CC3CCC(N)C3C2)cc1.Cl. The Morgan fingerprint density at radius 2 is 2.00 bits per heavy atom. The molecule has 3 atom stereocenters. The minimum atomic E-state index is 0. The highest BCUT2D eigenvalue weighted by Gasteiger charge is 2.42. The summed E-state index contributed by atoms with van der Waals surface area (Å²) in [6.45, 7) is 5.91. The van der Waals surface area contributed by atoms with Crippen LogP contribution in [0.25, 0.3) is 0 Å². The van der Waals surface area contributed by atoms with Gasteiger partial charge in [0.2, 0.25) is 5.91 Å². The molecular formula is C21H28ClN3O3. The number of nitrogens with two attached hydrogens (primary N) is 1. The number of hydrogen-bond donors (Lipinski definition) is 1. The molecule has 0 bridgehead atoms. The van der Waals surface area contributed by atoms with E-state index in [9.17, 15) is 4.79 Å². The van der Waals surface area contributed by atoms with Crippen LogP contribution >= 0.6 is 12.4 Å². The number of carbonyl (C=O) groups excluding carboxylic acids is 1. The molecule has 1 aromatic carbocycles. The molecule has 1 saturated heterocycles. The van der Waals surface area contributed by atoms with E-state index in [2.05, 4.69) is 5.16 Å². The average Bonchev–Trinajstić information content (AvgIpc) is 3.32. The molecule has 152 valence electrons. The van der Waals surface area contributed by atoms with Crippen LogP contribution in [-0.4, -0.2) is 35.1 Å². The van der Waals surface area contributed by atoms with Gasteiger partial charge in [-0.1, -0.05) is 17.3 Å². The molecule has 0 radical (unpaired) electrons. The van der Waals surface area contributed by atoms with Gasteiger partial charge in [-0.2, -0.15) is 0 Å². The van der Waals surface area contributed by atoms with E-state index in [1.165, 1.54) is 0 Å². The maximum atomic E-state index is 12.6. The van der Waals surface area contributed by atoms with Crippen LogP contribution in [-0.2, 0) is 17.8 Å². The summed E-state index contributed by atoms with van der Waals surface area (Å²) in [7, 11) is 0. The van der Waals surface area contributed by atoms with Crippen LogP contribution < -0.4 is 10.5 Å². The Bertz CT molecular complexity index is 801. The molecule has 1 amide bonds. The second-order valence-corrected chi connectivity index (χ2v) is 7.88. The standard InChI is InChI=1S/C21H27N3O3.ClH/c1-13-19(14(2)27-23-13)12-26-17-6-3-15(4-7-17)9-21(25)24-10-16-5-8-20(22)18(16)11-24;/h3-4,6-7,16,18,20H,5,8-12,22H2,1-2H3;1H. The molecule has 7 heteroatoms. The number of hydrogen-bond acceptors (Lipinski definition) is 5. The fraction of sp³-hybridized carbons (Fsp3) is 0.524. The quantitative estimate of drug-likeness (QED) is 0.826. The monoisotopic (exact) mass is 405 g/mol. The molecular weight excluding hydrogens is 378 g/mol. The Balaban J connectivity index is 0.00000225. The van der Waals surface area contributed by atoms with Crippen molar-refractivity contribution in [3.8, 4) is 5.75 Å². The number of amides is 1. The molecule has 2 aromatic rings. The van der Waals surface area contributed by atoms with Gasteiger partial charge in [-0.05, 0) is 56.2 Å². The van der Waals surface area contributed by atoms with Crippen LogP contribution in [0.2, 0.25) is 0 Å². The van der Waals surface area contributed by atoms with Gasteiger partial charge in [0.15, 0.2) is 0 Å². The van der Waals surface area contributed by atoms with Gasteiger partial charge in [0.25, 0.3) is 0 Å².